The SMILES string of the molecule is COC(=O)COc1ccc(S(=O)(=O)NCCC(C)C)cc1Cl. The molecule has 0 heterocycles. The second kappa shape index (κ2) is 8.36. The number of ether oxygens (including phenoxy) is 2. The largest absolute Gasteiger partial charge is 0.480 e. The standard InChI is InChI=1S/C14H20ClNO5S/c1-10(2)6-7-16-22(18,19)11-4-5-13(12(15)8-11)21-9-14(17)20-3/h4-5,8,10,16H,6-7,9H2,1-3H3. The molecule has 8 heteroatoms. The fourth-order valence-electron chi connectivity index (χ4n) is 1.53. The van der Waals surface area contributed by atoms with Crippen LogP contribution >= 0.6 is 11.6 Å². The van der Waals surface area contributed by atoms with Gasteiger partial charge < -0.3 is 9.47 Å². The minimum Gasteiger partial charge on any atom is -0.480 e. The van der Waals surface area contributed by atoms with Gasteiger partial charge in [-0.15, -0.1) is 0 Å². The fourth-order valence-corrected chi connectivity index (χ4v) is 2.90. The number of carbonyl (C=O) groups is 1. The highest BCUT2D eigenvalue weighted by Crippen LogP contribution is 2.27. The van der Waals surface area contributed by atoms with Gasteiger partial charge in [0.25, 0.3) is 0 Å². The van der Waals surface area contributed by atoms with Crippen molar-refractivity contribution >= 4 is 27.6 Å². The lowest BCUT2D eigenvalue weighted by Crippen LogP contribution is -2.25. The lowest BCUT2D eigenvalue weighted by molar-refractivity contribution is -0.142. The topological polar surface area (TPSA) is 81.7 Å². The van der Waals surface area contributed by atoms with Crippen LogP contribution in [-0.2, 0) is 19.6 Å². The third-order valence-corrected chi connectivity index (χ3v) is 4.55. The Labute approximate surface area is 135 Å². The third-order valence-electron chi connectivity index (χ3n) is 2.80. The van der Waals surface area contributed by atoms with Gasteiger partial charge in [-0.2, -0.15) is 0 Å². The molecular weight excluding hydrogens is 330 g/mol. The van der Waals surface area contributed by atoms with Gasteiger partial charge in [0.15, 0.2) is 6.61 Å². The number of hydrogen-bond donors (Lipinski definition) is 1. The monoisotopic (exact) mass is 349 g/mol. The highest BCUT2D eigenvalue weighted by atomic mass is 35.5. The maximum absolute atomic E-state index is 12.1. The molecule has 1 aromatic carbocycles. The summed E-state index contributed by atoms with van der Waals surface area (Å²) < 4.78 is 36.3. The number of sulfonamides is 1. The Morgan fingerprint density at radius 1 is 1.36 bits per heavy atom. The molecule has 1 aromatic rings. The van der Waals surface area contributed by atoms with E-state index in [-0.39, 0.29) is 22.3 Å². The molecule has 6 nitrogen and oxygen atoms in total. The van der Waals surface area contributed by atoms with Crippen LogP contribution in [0, 0.1) is 5.92 Å². The van der Waals surface area contributed by atoms with Crippen LogP contribution in [0.4, 0.5) is 0 Å². The van der Waals surface area contributed by atoms with E-state index in [1.165, 1.54) is 25.3 Å². The molecule has 0 aliphatic rings. The van der Waals surface area contributed by atoms with Crippen molar-refractivity contribution in [2.24, 2.45) is 5.92 Å². The molecule has 0 amide bonds. The third kappa shape index (κ3) is 5.82. The summed E-state index contributed by atoms with van der Waals surface area (Å²) in [6.07, 6.45) is 0.743. The zero-order chi connectivity index (χ0) is 16.8. The number of esters is 1. The number of halogens is 1. The highest BCUT2D eigenvalue weighted by Gasteiger charge is 2.16. The second-order valence-electron chi connectivity index (χ2n) is 5.04. The molecule has 0 fully saturated rings. The first kappa shape index (κ1) is 18.7. The first-order valence-corrected chi connectivity index (χ1v) is 8.61. The zero-order valence-electron chi connectivity index (χ0n) is 12.8. The molecular formula is C14H20ClNO5S. The minimum absolute atomic E-state index is 0.0478. The van der Waals surface area contributed by atoms with Gasteiger partial charge in [0.2, 0.25) is 10.0 Å². The predicted molar refractivity (Wildman–Crippen MR) is 83.6 cm³/mol. The summed E-state index contributed by atoms with van der Waals surface area (Å²) in [6, 6.07) is 4.06. The zero-order valence-corrected chi connectivity index (χ0v) is 14.3. The molecule has 22 heavy (non-hydrogen) atoms. The Bertz CT molecular complexity index is 616. The Balaban J connectivity index is 2.77. The molecule has 0 aliphatic heterocycles. The van der Waals surface area contributed by atoms with E-state index in [9.17, 15) is 13.2 Å². The molecule has 0 aromatic heterocycles. The normalized spacial score (nSPS) is 11.5. The van der Waals surface area contributed by atoms with Gasteiger partial charge >= 0.3 is 5.97 Å². The van der Waals surface area contributed by atoms with Gasteiger partial charge in [0.05, 0.1) is 17.0 Å². The van der Waals surface area contributed by atoms with E-state index in [4.69, 9.17) is 16.3 Å². The van der Waals surface area contributed by atoms with Crippen LogP contribution in [0.15, 0.2) is 23.1 Å². The maximum atomic E-state index is 12.1. The summed E-state index contributed by atoms with van der Waals surface area (Å²) in [4.78, 5) is 11.0. The van der Waals surface area contributed by atoms with Crippen LogP contribution in [-0.4, -0.2) is 34.6 Å². The van der Waals surface area contributed by atoms with Crippen molar-refractivity contribution < 1.29 is 22.7 Å². The smallest absolute Gasteiger partial charge is 0.343 e. The van der Waals surface area contributed by atoms with Crippen LogP contribution in [0.25, 0.3) is 0 Å². The van der Waals surface area contributed by atoms with E-state index in [0.29, 0.717) is 12.5 Å². The first-order valence-electron chi connectivity index (χ1n) is 6.75. The van der Waals surface area contributed by atoms with E-state index in [1.54, 1.807) is 0 Å². The molecule has 1 rings (SSSR count). The molecule has 0 saturated heterocycles. The molecule has 0 aliphatic carbocycles. The van der Waals surface area contributed by atoms with E-state index >= 15 is 0 Å². The van der Waals surface area contributed by atoms with E-state index < -0.39 is 16.0 Å². The molecule has 0 atom stereocenters. The number of carbonyl (C=O) groups excluding carboxylic acids is 1. The van der Waals surface area contributed by atoms with Crippen molar-refractivity contribution in [2.75, 3.05) is 20.3 Å². The van der Waals surface area contributed by atoms with Crippen LogP contribution in [0.2, 0.25) is 5.02 Å². The predicted octanol–water partition coefficient (Wildman–Crippen LogP) is 2.22. The average Bonchev–Trinajstić information content (AvgIpc) is 2.44. The number of nitrogens with one attached hydrogen (secondary N) is 1. The highest BCUT2D eigenvalue weighted by molar-refractivity contribution is 7.89. The van der Waals surface area contributed by atoms with Crippen LogP contribution in [0.1, 0.15) is 20.3 Å². The molecule has 0 bridgehead atoms. The first-order chi connectivity index (χ1) is 10.3. The lowest BCUT2D eigenvalue weighted by atomic mass is 10.1. The number of benzene rings is 1. The van der Waals surface area contributed by atoms with E-state index in [1.807, 2.05) is 13.8 Å². The summed E-state index contributed by atoms with van der Waals surface area (Å²) >= 11 is 5.98. The van der Waals surface area contributed by atoms with Gasteiger partial charge in [0.1, 0.15) is 5.75 Å². The Morgan fingerprint density at radius 2 is 2.05 bits per heavy atom. The molecule has 0 unspecified atom stereocenters. The summed E-state index contributed by atoms with van der Waals surface area (Å²) in [5, 5.41) is 0.107. The summed E-state index contributed by atoms with van der Waals surface area (Å²) in [5.74, 6) is 0.0664. The van der Waals surface area contributed by atoms with Gasteiger partial charge in [-0.05, 0) is 30.5 Å². The van der Waals surface area contributed by atoms with Crippen LogP contribution in [0.5, 0.6) is 5.75 Å². The molecule has 0 spiro atoms. The Kier molecular flexibility index (Phi) is 7.12. The van der Waals surface area contributed by atoms with Crippen LogP contribution < -0.4 is 9.46 Å². The average molecular weight is 350 g/mol. The maximum Gasteiger partial charge on any atom is 0.343 e. The van der Waals surface area contributed by atoms with Crippen molar-refractivity contribution in [1.82, 2.24) is 4.72 Å². The minimum atomic E-state index is -3.61. The van der Waals surface area contributed by atoms with Gasteiger partial charge in [-0.25, -0.2) is 17.9 Å². The van der Waals surface area contributed by atoms with Gasteiger partial charge in [-0.1, -0.05) is 25.4 Å². The number of methoxy groups -OCH3 is 1. The molecule has 0 saturated carbocycles. The van der Waals surface area contributed by atoms with E-state index in [0.717, 1.165) is 6.42 Å². The Hall–Kier alpha value is -1.31. The van der Waals surface area contributed by atoms with Crippen molar-refractivity contribution in [3.63, 3.8) is 0 Å². The van der Waals surface area contributed by atoms with E-state index in [2.05, 4.69) is 9.46 Å². The summed E-state index contributed by atoms with van der Waals surface area (Å²) in [7, 11) is -2.37. The van der Waals surface area contributed by atoms with Crippen molar-refractivity contribution in [3.05, 3.63) is 23.2 Å². The van der Waals surface area contributed by atoms with Gasteiger partial charge in [0, 0.05) is 6.54 Å². The van der Waals surface area contributed by atoms with Crippen molar-refractivity contribution in [3.8, 4) is 5.75 Å². The molecule has 0 radical (unpaired) electrons. The summed E-state index contributed by atoms with van der Waals surface area (Å²) in [6.45, 7) is 4.09. The van der Waals surface area contributed by atoms with Crippen molar-refractivity contribution in [2.45, 2.75) is 25.2 Å². The number of rotatable bonds is 8. The van der Waals surface area contributed by atoms with Crippen molar-refractivity contribution in [1.29, 1.82) is 0 Å². The lowest BCUT2D eigenvalue weighted by Gasteiger charge is -2.11. The summed E-state index contributed by atoms with van der Waals surface area (Å²) in [5.41, 5.74) is 0. The fraction of sp³-hybridized carbons (Fsp3) is 0.500. The Morgan fingerprint density at radius 3 is 2.59 bits per heavy atom. The quantitative estimate of drug-likeness (QED) is 0.728. The van der Waals surface area contributed by atoms with Crippen LogP contribution in [0.3, 0.4) is 0 Å². The molecule has 124 valence electrons. The van der Waals surface area contributed by atoms with Gasteiger partial charge in [-0.3, -0.25) is 0 Å². The number of hydrogen-bond acceptors (Lipinski definition) is 5. The molecule has 1 N–H and O–H groups in total. The second-order valence-corrected chi connectivity index (χ2v) is 7.21.